The van der Waals surface area contributed by atoms with Gasteiger partial charge in [-0.2, -0.15) is 0 Å². The molecule has 0 aliphatic carbocycles. The van der Waals surface area contributed by atoms with Crippen LogP contribution < -0.4 is 5.32 Å². The molecule has 114 valence electrons. The molecule has 1 amide bonds. The minimum absolute atomic E-state index is 0.114. The van der Waals surface area contributed by atoms with Crippen molar-refractivity contribution in [2.24, 2.45) is 5.41 Å². The van der Waals surface area contributed by atoms with E-state index in [9.17, 15) is 9.59 Å². The first-order valence-electron chi connectivity index (χ1n) is 6.75. The fraction of sp³-hybridized carbons (Fsp3) is 0.857. The molecule has 0 saturated carbocycles. The van der Waals surface area contributed by atoms with E-state index >= 15 is 0 Å². The van der Waals surface area contributed by atoms with Crippen molar-refractivity contribution in [3.05, 3.63) is 0 Å². The van der Waals surface area contributed by atoms with Gasteiger partial charge < -0.3 is 14.8 Å². The number of carbonyl (C=O) groups excluding carboxylic acids is 2. The Morgan fingerprint density at radius 3 is 2.16 bits per heavy atom. The van der Waals surface area contributed by atoms with Crippen LogP contribution in [0.3, 0.4) is 0 Å². The second-order valence-corrected chi connectivity index (χ2v) is 4.88. The maximum atomic E-state index is 11.2. The van der Waals surface area contributed by atoms with Crippen molar-refractivity contribution in [1.29, 1.82) is 0 Å². The molecule has 0 heterocycles. The van der Waals surface area contributed by atoms with E-state index in [-0.39, 0.29) is 5.78 Å². The third kappa shape index (κ3) is 15.0. The molecule has 0 bridgehead atoms. The van der Waals surface area contributed by atoms with Crippen molar-refractivity contribution in [3.63, 3.8) is 0 Å². The summed E-state index contributed by atoms with van der Waals surface area (Å²) in [5.41, 5.74) is -0.431. The second kappa shape index (κ2) is 13.5. The first-order valence-corrected chi connectivity index (χ1v) is 6.75. The predicted octanol–water partition coefficient (Wildman–Crippen LogP) is 1.80. The van der Waals surface area contributed by atoms with E-state index in [0.717, 1.165) is 0 Å². The van der Waals surface area contributed by atoms with E-state index in [4.69, 9.17) is 9.47 Å². The van der Waals surface area contributed by atoms with E-state index in [1.807, 2.05) is 13.8 Å². The van der Waals surface area contributed by atoms with Gasteiger partial charge in [-0.25, -0.2) is 0 Å². The minimum Gasteiger partial charge on any atom is -0.378 e. The molecule has 5 nitrogen and oxygen atoms in total. The third-order valence-electron chi connectivity index (χ3n) is 2.26. The minimum atomic E-state index is -0.431. The Bertz CT molecular complexity index is 229. The fourth-order valence-electron chi connectivity index (χ4n) is 0.839. The molecule has 0 spiro atoms. The Morgan fingerprint density at radius 1 is 1.16 bits per heavy atom. The van der Waals surface area contributed by atoms with Crippen LogP contribution in [0.4, 0.5) is 0 Å². The monoisotopic (exact) mass is 275 g/mol. The lowest BCUT2D eigenvalue weighted by molar-refractivity contribution is -0.128. The van der Waals surface area contributed by atoms with Gasteiger partial charge in [0.25, 0.3) is 0 Å². The van der Waals surface area contributed by atoms with Crippen LogP contribution in [0, 0.1) is 5.41 Å². The van der Waals surface area contributed by atoms with Gasteiger partial charge in [0.15, 0.2) is 0 Å². The van der Waals surface area contributed by atoms with Gasteiger partial charge in [-0.05, 0) is 6.92 Å². The Hall–Kier alpha value is -0.940. The molecule has 0 atom stereocenters. The average Bonchev–Trinajstić information content (AvgIpc) is 2.33. The lowest BCUT2D eigenvalue weighted by atomic mass is 9.90. The summed E-state index contributed by atoms with van der Waals surface area (Å²) in [5.74, 6) is 0.114. The summed E-state index contributed by atoms with van der Waals surface area (Å²) in [6, 6.07) is 0. The topological polar surface area (TPSA) is 64.6 Å². The first kappa shape index (κ1) is 20.4. The van der Waals surface area contributed by atoms with Crippen molar-refractivity contribution < 1.29 is 19.1 Å². The molecule has 0 aromatic rings. The molecule has 19 heavy (non-hydrogen) atoms. The SMILES string of the molecule is CC(=O)C(C)(C)COCCOCCNC=O.CCC. The van der Waals surface area contributed by atoms with Crippen molar-refractivity contribution in [3.8, 4) is 0 Å². The van der Waals surface area contributed by atoms with Gasteiger partial charge in [-0.15, -0.1) is 0 Å². The highest BCUT2D eigenvalue weighted by Gasteiger charge is 2.23. The zero-order valence-corrected chi connectivity index (χ0v) is 13.0. The Balaban J connectivity index is 0. The largest absolute Gasteiger partial charge is 0.378 e. The second-order valence-electron chi connectivity index (χ2n) is 4.88. The maximum Gasteiger partial charge on any atom is 0.207 e. The van der Waals surface area contributed by atoms with Crippen LogP contribution >= 0.6 is 0 Å². The normalized spacial score (nSPS) is 10.4. The number of amides is 1. The molecule has 0 aliphatic rings. The van der Waals surface area contributed by atoms with Gasteiger partial charge >= 0.3 is 0 Å². The number of rotatable bonds is 10. The highest BCUT2D eigenvalue weighted by atomic mass is 16.5. The van der Waals surface area contributed by atoms with E-state index in [1.54, 1.807) is 6.92 Å². The highest BCUT2D eigenvalue weighted by molar-refractivity contribution is 5.81. The van der Waals surface area contributed by atoms with E-state index in [2.05, 4.69) is 19.2 Å². The van der Waals surface area contributed by atoms with Crippen molar-refractivity contribution >= 4 is 12.2 Å². The third-order valence-corrected chi connectivity index (χ3v) is 2.26. The predicted molar refractivity (Wildman–Crippen MR) is 76.1 cm³/mol. The Morgan fingerprint density at radius 2 is 1.68 bits per heavy atom. The van der Waals surface area contributed by atoms with Gasteiger partial charge in [0, 0.05) is 12.0 Å². The summed E-state index contributed by atoms with van der Waals surface area (Å²) < 4.78 is 10.5. The highest BCUT2D eigenvalue weighted by Crippen LogP contribution is 2.16. The standard InChI is InChI=1S/C11H21NO4.C3H8/c1-10(14)11(2,3)8-16-7-6-15-5-4-12-9-13;1-3-2/h9H,4-8H2,1-3H3,(H,12,13);3H2,1-2H3. The Labute approximate surface area is 117 Å². The number of hydrogen-bond donors (Lipinski definition) is 1. The summed E-state index contributed by atoms with van der Waals surface area (Å²) in [5, 5.41) is 2.49. The van der Waals surface area contributed by atoms with Crippen LogP contribution in [0.15, 0.2) is 0 Å². The van der Waals surface area contributed by atoms with Gasteiger partial charge in [0.05, 0.1) is 26.4 Å². The molecule has 0 unspecified atom stereocenters. The maximum absolute atomic E-state index is 11.2. The van der Waals surface area contributed by atoms with Gasteiger partial charge in [-0.3, -0.25) is 9.59 Å². The molecule has 0 fully saturated rings. The van der Waals surface area contributed by atoms with Gasteiger partial charge in [-0.1, -0.05) is 34.1 Å². The smallest absolute Gasteiger partial charge is 0.207 e. The number of hydrogen-bond acceptors (Lipinski definition) is 4. The summed E-state index contributed by atoms with van der Waals surface area (Å²) in [7, 11) is 0. The van der Waals surface area contributed by atoms with E-state index in [1.165, 1.54) is 6.42 Å². The quantitative estimate of drug-likeness (QED) is 0.488. The lowest BCUT2D eigenvalue weighted by Gasteiger charge is -2.20. The van der Waals surface area contributed by atoms with Crippen molar-refractivity contribution in [1.82, 2.24) is 5.32 Å². The summed E-state index contributed by atoms with van der Waals surface area (Å²) in [4.78, 5) is 21.0. The molecule has 0 aromatic heterocycles. The molecule has 0 aliphatic heterocycles. The average molecular weight is 275 g/mol. The molecule has 0 radical (unpaired) electrons. The number of carbonyl (C=O) groups is 2. The zero-order chi connectivity index (χ0) is 15.1. The molecular weight excluding hydrogens is 246 g/mol. The van der Waals surface area contributed by atoms with E-state index in [0.29, 0.717) is 39.4 Å². The summed E-state index contributed by atoms with van der Waals surface area (Å²) in [6.45, 7) is 11.8. The number of ketones is 1. The van der Waals surface area contributed by atoms with Crippen LogP contribution in [0.25, 0.3) is 0 Å². The van der Waals surface area contributed by atoms with Gasteiger partial charge in [0.2, 0.25) is 6.41 Å². The van der Waals surface area contributed by atoms with Crippen molar-refractivity contribution in [2.75, 3.05) is 33.0 Å². The van der Waals surface area contributed by atoms with Crippen LogP contribution in [-0.2, 0) is 19.1 Å². The number of nitrogens with one attached hydrogen (secondary N) is 1. The lowest BCUT2D eigenvalue weighted by Crippen LogP contribution is -2.28. The molecule has 0 rings (SSSR count). The number of ether oxygens (including phenoxy) is 2. The summed E-state index contributed by atoms with van der Waals surface area (Å²) >= 11 is 0. The summed E-state index contributed by atoms with van der Waals surface area (Å²) in [6.07, 6.45) is 1.88. The molecule has 0 aromatic carbocycles. The van der Waals surface area contributed by atoms with Crippen LogP contribution in [0.5, 0.6) is 0 Å². The van der Waals surface area contributed by atoms with Gasteiger partial charge in [0.1, 0.15) is 5.78 Å². The zero-order valence-electron chi connectivity index (χ0n) is 13.0. The van der Waals surface area contributed by atoms with Crippen LogP contribution in [0.2, 0.25) is 0 Å². The van der Waals surface area contributed by atoms with Crippen LogP contribution in [-0.4, -0.2) is 45.2 Å². The van der Waals surface area contributed by atoms with E-state index < -0.39 is 5.41 Å². The van der Waals surface area contributed by atoms with Crippen molar-refractivity contribution in [2.45, 2.75) is 41.0 Å². The first-order chi connectivity index (χ1) is 8.92. The molecular formula is C14H29NO4. The molecule has 5 heteroatoms. The van der Waals surface area contributed by atoms with Crippen LogP contribution in [0.1, 0.15) is 41.0 Å². The number of Topliss-reactive ketones (excluding diaryl/α,β-unsaturated/α-hetero) is 1. The molecule has 0 saturated heterocycles. The Kier molecular flexibility index (Phi) is 14.5. The molecule has 1 N–H and O–H groups in total. The fourth-order valence-corrected chi connectivity index (χ4v) is 0.839.